The van der Waals surface area contributed by atoms with E-state index in [0.29, 0.717) is 16.5 Å². The van der Waals surface area contributed by atoms with Crippen LogP contribution in [0.5, 0.6) is 5.75 Å². The van der Waals surface area contributed by atoms with Crippen molar-refractivity contribution in [3.05, 3.63) is 59.7 Å². The summed E-state index contributed by atoms with van der Waals surface area (Å²) < 4.78 is 35.7. The molecule has 0 aromatic heterocycles. The summed E-state index contributed by atoms with van der Waals surface area (Å²) in [6, 6.07) is 13.9. The highest BCUT2D eigenvalue weighted by atomic mass is 32.2. The van der Waals surface area contributed by atoms with E-state index >= 15 is 0 Å². The van der Waals surface area contributed by atoms with E-state index in [1.165, 1.54) is 11.8 Å². The summed E-state index contributed by atoms with van der Waals surface area (Å²) in [7, 11) is -3.77. The van der Waals surface area contributed by atoms with Crippen molar-refractivity contribution in [3.8, 4) is 5.75 Å². The maximum absolute atomic E-state index is 12.6. The van der Waals surface area contributed by atoms with Gasteiger partial charge in [0.25, 0.3) is 0 Å². The second-order valence-electron chi connectivity index (χ2n) is 7.86. The van der Waals surface area contributed by atoms with Crippen LogP contribution in [-0.4, -0.2) is 66.8 Å². The van der Waals surface area contributed by atoms with Gasteiger partial charge in [0.15, 0.2) is 6.10 Å². The van der Waals surface area contributed by atoms with Crippen molar-refractivity contribution in [2.24, 2.45) is 5.73 Å². The summed E-state index contributed by atoms with van der Waals surface area (Å²) in [4.78, 5) is 26.6. The molecule has 3 amide bonds. The number of nitrogens with one attached hydrogen (secondary N) is 1. The first-order valence-electron chi connectivity index (χ1n) is 10.4. The number of amidine groups is 1. The van der Waals surface area contributed by atoms with Crippen molar-refractivity contribution < 1.29 is 27.5 Å². The second kappa shape index (κ2) is 9.55. The number of fused-ring (bicyclic) bond motifs is 1. The number of benzene rings is 2. The van der Waals surface area contributed by atoms with Crippen molar-refractivity contribution in [1.29, 1.82) is 5.41 Å². The highest BCUT2D eigenvalue weighted by Crippen LogP contribution is 2.42. The fourth-order valence-corrected chi connectivity index (χ4v) is 5.72. The molecule has 0 radical (unpaired) electrons. The average Bonchev–Trinajstić information content (AvgIpc) is 3.41. The number of nitrogens with zero attached hydrogens (tertiary/aromatic N) is 2. The molecule has 2 atom stereocenters. The second-order valence-corrected chi connectivity index (χ2v) is 11.0. The van der Waals surface area contributed by atoms with Gasteiger partial charge in [0, 0.05) is 10.5 Å². The fourth-order valence-electron chi connectivity index (χ4n) is 3.76. The molecular formula is C22H24N4O6S2. The third-order valence-corrected chi connectivity index (χ3v) is 7.97. The van der Waals surface area contributed by atoms with E-state index in [4.69, 9.17) is 20.6 Å². The van der Waals surface area contributed by atoms with E-state index in [0.717, 1.165) is 27.2 Å². The number of thioether (sulfide) groups is 1. The summed E-state index contributed by atoms with van der Waals surface area (Å²) in [5.41, 5.74) is 7.38. The van der Waals surface area contributed by atoms with Gasteiger partial charge in [0.05, 0.1) is 24.6 Å². The van der Waals surface area contributed by atoms with Gasteiger partial charge in [0.2, 0.25) is 10.0 Å². The topological polar surface area (TPSA) is 143 Å². The molecule has 34 heavy (non-hydrogen) atoms. The predicted molar refractivity (Wildman–Crippen MR) is 127 cm³/mol. The van der Waals surface area contributed by atoms with Gasteiger partial charge in [0.1, 0.15) is 18.2 Å². The third kappa shape index (κ3) is 4.97. The summed E-state index contributed by atoms with van der Waals surface area (Å²) in [5, 5.41) is 7.60. The first-order valence-corrected chi connectivity index (χ1v) is 13.2. The van der Waals surface area contributed by atoms with Crippen molar-refractivity contribution in [2.75, 3.05) is 26.0 Å². The van der Waals surface area contributed by atoms with Crippen LogP contribution in [0, 0.1) is 5.41 Å². The minimum absolute atomic E-state index is 0.0859. The number of ether oxygens (including phenoxy) is 2. The van der Waals surface area contributed by atoms with E-state index in [-0.39, 0.29) is 30.8 Å². The number of imide groups is 1. The first-order chi connectivity index (χ1) is 16.1. The number of amides is 3. The lowest BCUT2D eigenvalue weighted by Crippen LogP contribution is -2.39. The molecule has 4 rings (SSSR count). The van der Waals surface area contributed by atoms with E-state index in [2.05, 4.69) is 0 Å². The minimum atomic E-state index is -3.77. The van der Waals surface area contributed by atoms with E-state index in [9.17, 15) is 18.0 Å². The Hall–Kier alpha value is -3.25. The number of nitrogens with two attached hydrogens (primary N) is 1. The molecule has 1 fully saturated rings. The average molecular weight is 505 g/mol. The standard InChI is InChI=1S/C22H24N4O6S2/c1-34(29,30)26-11-10-25(21(26)27)22(28)31-13-17(14-6-3-2-4-7-14)32-16-8-5-9-18-15(16)12-19(33-18)20(23)24/h2-9,17,19H,10-13H2,1H3,(H3,23,24). The van der Waals surface area contributed by atoms with Crippen molar-refractivity contribution >= 4 is 39.7 Å². The quantitative estimate of drug-likeness (QED) is 0.433. The molecule has 0 saturated carbocycles. The number of hydrogen-bond acceptors (Lipinski definition) is 8. The summed E-state index contributed by atoms with van der Waals surface area (Å²) in [6.07, 6.45) is -0.157. The molecule has 2 unspecified atom stereocenters. The van der Waals surface area contributed by atoms with Gasteiger partial charge in [-0.15, -0.1) is 11.8 Å². The molecule has 10 nitrogen and oxygen atoms in total. The molecular weight excluding hydrogens is 480 g/mol. The molecule has 180 valence electrons. The van der Waals surface area contributed by atoms with Gasteiger partial charge < -0.3 is 15.2 Å². The minimum Gasteiger partial charge on any atom is -0.482 e. The Kier molecular flexibility index (Phi) is 6.71. The Labute approximate surface area is 201 Å². The van der Waals surface area contributed by atoms with Crippen LogP contribution in [0.3, 0.4) is 0 Å². The van der Waals surface area contributed by atoms with Gasteiger partial charge in [-0.1, -0.05) is 36.4 Å². The Morgan fingerprint density at radius 2 is 1.94 bits per heavy atom. The first kappa shape index (κ1) is 23.9. The summed E-state index contributed by atoms with van der Waals surface area (Å²) in [6.45, 7) is -0.396. The lowest BCUT2D eigenvalue weighted by Gasteiger charge is -2.22. The molecule has 0 bridgehead atoms. The Balaban J connectivity index is 1.50. The summed E-state index contributed by atoms with van der Waals surface area (Å²) in [5.74, 6) is 0.693. The Morgan fingerprint density at radius 3 is 2.59 bits per heavy atom. The monoisotopic (exact) mass is 504 g/mol. The molecule has 2 aromatic carbocycles. The molecule has 2 aliphatic heterocycles. The molecule has 0 aliphatic carbocycles. The van der Waals surface area contributed by atoms with Crippen molar-refractivity contribution in [3.63, 3.8) is 0 Å². The molecule has 12 heteroatoms. The highest BCUT2D eigenvalue weighted by Gasteiger charge is 2.39. The van der Waals surface area contributed by atoms with Crippen LogP contribution >= 0.6 is 11.8 Å². The largest absolute Gasteiger partial charge is 0.482 e. The lowest BCUT2D eigenvalue weighted by atomic mass is 10.1. The third-order valence-electron chi connectivity index (χ3n) is 5.49. The van der Waals surface area contributed by atoms with Crippen LogP contribution in [0.25, 0.3) is 0 Å². The van der Waals surface area contributed by atoms with E-state index < -0.39 is 28.3 Å². The van der Waals surface area contributed by atoms with Gasteiger partial charge in [-0.05, 0) is 24.1 Å². The zero-order chi connectivity index (χ0) is 24.5. The number of rotatable bonds is 7. The molecule has 0 spiro atoms. The molecule has 2 aliphatic rings. The van der Waals surface area contributed by atoms with Gasteiger partial charge in [-0.25, -0.2) is 27.2 Å². The van der Waals surface area contributed by atoms with Crippen LogP contribution in [0.4, 0.5) is 9.59 Å². The van der Waals surface area contributed by atoms with Gasteiger partial charge in [-0.2, -0.15) is 0 Å². The zero-order valence-corrected chi connectivity index (χ0v) is 20.0. The fraction of sp³-hybridized carbons (Fsp3) is 0.318. The zero-order valence-electron chi connectivity index (χ0n) is 18.3. The highest BCUT2D eigenvalue weighted by molar-refractivity contribution is 8.01. The van der Waals surface area contributed by atoms with Crippen LogP contribution in [0.2, 0.25) is 0 Å². The number of urea groups is 1. The summed E-state index contributed by atoms with van der Waals surface area (Å²) >= 11 is 1.51. The van der Waals surface area contributed by atoms with Crippen molar-refractivity contribution in [2.45, 2.75) is 22.7 Å². The SMILES string of the molecule is CS(=O)(=O)N1CCN(C(=O)OCC(Oc2cccc3c2CC(C(=N)N)S3)c2ccccc2)C1=O. The Bertz CT molecular complexity index is 1220. The van der Waals surface area contributed by atoms with E-state index in [1.807, 2.05) is 48.5 Å². The van der Waals surface area contributed by atoms with Crippen molar-refractivity contribution in [1.82, 2.24) is 9.21 Å². The Morgan fingerprint density at radius 1 is 1.21 bits per heavy atom. The maximum atomic E-state index is 12.6. The molecule has 3 N–H and O–H groups in total. The van der Waals surface area contributed by atoms with Gasteiger partial charge >= 0.3 is 12.1 Å². The van der Waals surface area contributed by atoms with Gasteiger partial charge in [-0.3, -0.25) is 5.41 Å². The number of carbonyl (C=O) groups excluding carboxylic acids is 2. The molecule has 1 saturated heterocycles. The number of carbonyl (C=O) groups is 2. The number of hydrogen-bond donors (Lipinski definition) is 2. The van der Waals surface area contributed by atoms with Crippen LogP contribution < -0.4 is 10.5 Å². The lowest BCUT2D eigenvalue weighted by molar-refractivity contribution is 0.0659. The maximum Gasteiger partial charge on any atom is 0.418 e. The number of sulfonamides is 1. The van der Waals surface area contributed by atoms with Crippen LogP contribution in [0.1, 0.15) is 17.2 Å². The van der Waals surface area contributed by atoms with E-state index in [1.54, 1.807) is 0 Å². The predicted octanol–water partition coefficient (Wildman–Crippen LogP) is 2.59. The molecule has 2 heterocycles. The molecule has 2 aromatic rings. The van der Waals surface area contributed by atoms with Crippen LogP contribution in [-0.2, 0) is 21.2 Å². The normalized spacial score (nSPS) is 18.5. The smallest absolute Gasteiger partial charge is 0.418 e. The van der Waals surface area contributed by atoms with Crippen LogP contribution in [0.15, 0.2) is 53.4 Å².